The maximum absolute atomic E-state index is 12.1. The number of carbonyl (C=O) groups excluding carboxylic acids is 2. The van der Waals surface area contributed by atoms with Crippen LogP contribution in [0.3, 0.4) is 0 Å². The lowest BCUT2D eigenvalue weighted by molar-refractivity contribution is -0.124. The maximum atomic E-state index is 12.1. The number of anilines is 1. The van der Waals surface area contributed by atoms with Crippen LogP contribution in [0.2, 0.25) is 15.2 Å². The van der Waals surface area contributed by atoms with Gasteiger partial charge in [0.1, 0.15) is 18.2 Å². The van der Waals surface area contributed by atoms with E-state index in [2.05, 4.69) is 10.3 Å². The van der Waals surface area contributed by atoms with Crippen molar-refractivity contribution in [1.82, 2.24) is 10.3 Å². The summed E-state index contributed by atoms with van der Waals surface area (Å²) in [6.45, 7) is 0.853. The van der Waals surface area contributed by atoms with Gasteiger partial charge in [-0.1, -0.05) is 40.9 Å². The summed E-state index contributed by atoms with van der Waals surface area (Å²) in [6, 6.07) is 5.58. The molecule has 0 aliphatic carbocycles. The molecule has 0 atom stereocenters. The van der Waals surface area contributed by atoms with Crippen LogP contribution in [0.4, 0.5) is 5.69 Å². The van der Waals surface area contributed by atoms with Crippen LogP contribution in [0, 0.1) is 0 Å². The van der Waals surface area contributed by atoms with Crippen LogP contribution >= 0.6 is 34.8 Å². The maximum Gasteiger partial charge on any atom is 0.359 e. The Kier molecular flexibility index (Phi) is 6.89. The highest BCUT2D eigenvalue weighted by Crippen LogP contribution is 2.34. The second-order valence-electron chi connectivity index (χ2n) is 5.95. The van der Waals surface area contributed by atoms with E-state index in [1.54, 1.807) is 0 Å². The zero-order valence-electron chi connectivity index (χ0n) is 15.0. The molecule has 0 radical (unpaired) electrons. The third-order valence-corrected chi connectivity index (χ3v) is 5.08. The van der Waals surface area contributed by atoms with Crippen LogP contribution in [0.25, 0.3) is 0 Å². The number of nitrogens with zero attached hydrogens (tertiary/aromatic N) is 1. The summed E-state index contributed by atoms with van der Waals surface area (Å²) in [5.74, 6) is -0.0484. The largest absolute Gasteiger partial charge is 0.486 e. The van der Waals surface area contributed by atoms with Crippen molar-refractivity contribution in [1.29, 1.82) is 0 Å². The first-order valence-corrected chi connectivity index (χ1v) is 9.62. The van der Waals surface area contributed by atoms with Gasteiger partial charge < -0.3 is 25.3 Å². The Hall–Kier alpha value is -2.42. The molecule has 1 aliphatic heterocycles. The molecule has 0 saturated heterocycles. The summed E-state index contributed by atoms with van der Waals surface area (Å²) in [4.78, 5) is 27.7. The zero-order chi connectivity index (χ0) is 21.0. The van der Waals surface area contributed by atoms with Crippen LogP contribution in [-0.2, 0) is 16.0 Å². The number of rotatable bonds is 6. The summed E-state index contributed by atoms with van der Waals surface area (Å²) < 4.78 is 15.9. The number of ether oxygens (including phenoxy) is 3. The smallest absolute Gasteiger partial charge is 0.359 e. The van der Waals surface area contributed by atoms with E-state index in [4.69, 9.17) is 54.7 Å². The zero-order valence-corrected chi connectivity index (χ0v) is 17.2. The summed E-state index contributed by atoms with van der Waals surface area (Å²) in [7, 11) is 0. The molecule has 11 heteroatoms. The fourth-order valence-corrected chi connectivity index (χ4v) is 3.09. The lowest BCUT2D eigenvalue weighted by Crippen LogP contribution is -2.30. The molecule has 2 aromatic rings. The van der Waals surface area contributed by atoms with Gasteiger partial charge in [0.05, 0.1) is 10.7 Å². The first kappa shape index (κ1) is 21.3. The molecule has 0 saturated carbocycles. The van der Waals surface area contributed by atoms with E-state index in [1.165, 1.54) is 0 Å². The molecule has 1 aromatic heterocycles. The Labute approximate surface area is 181 Å². The summed E-state index contributed by atoms with van der Waals surface area (Å²) >= 11 is 17.5. The quantitative estimate of drug-likeness (QED) is 0.503. The molecular formula is C18H16Cl3N3O5. The van der Waals surface area contributed by atoms with Crippen molar-refractivity contribution in [2.75, 3.05) is 32.1 Å². The number of esters is 1. The lowest BCUT2D eigenvalue weighted by Gasteiger charge is -2.18. The third kappa shape index (κ3) is 5.14. The number of carbonyl (C=O) groups is 2. The number of hydrogen-bond donors (Lipinski definition) is 2. The Bertz CT molecular complexity index is 955. The van der Waals surface area contributed by atoms with Gasteiger partial charge in [0.25, 0.3) is 5.91 Å². The number of pyridine rings is 1. The molecule has 29 heavy (non-hydrogen) atoms. The van der Waals surface area contributed by atoms with Crippen molar-refractivity contribution in [3.05, 3.63) is 44.7 Å². The number of nitrogens with one attached hydrogen (secondary N) is 1. The second kappa shape index (κ2) is 9.39. The normalized spacial score (nSPS) is 12.4. The van der Waals surface area contributed by atoms with Crippen LogP contribution in [-0.4, -0.2) is 43.2 Å². The molecular weight excluding hydrogens is 445 g/mol. The molecule has 0 fully saturated rings. The van der Waals surface area contributed by atoms with Crippen LogP contribution in [0.5, 0.6) is 11.5 Å². The summed E-state index contributed by atoms with van der Waals surface area (Å²) in [5, 5.41) is 2.20. The molecule has 0 bridgehead atoms. The number of halogens is 3. The Balaban J connectivity index is 1.47. The van der Waals surface area contributed by atoms with Gasteiger partial charge in [0.2, 0.25) is 0 Å². The van der Waals surface area contributed by atoms with E-state index in [0.717, 1.165) is 5.56 Å². The molecule has 154 valence electrons. The molecule has 0 unspecified atom stereocenters. The lowest BCUT2D eigenvalue weighted by atomic mass is 10.1. The topological polar surface area (TPSA) is 113 Å². The molecule has 1 aromatic carbocycles. The van der Waals surface area contributed by atoms with Gasteiger partial charge in [0.15, 0.2) is 29.0 Å². The number of nitrogen functional groups attached to an aromatic ring is 1. The molecule has 1 aliphatic rings. The number of nitrogens with two attached hydrogens (primary N) is 1. The monoisotopic (exact) mass is 459 g/mol. The number of aromatic nitrogens is 1. The molecule has 8 nitrogen and oxygen atoms in total. The van der Waals surface area contributed by atoms with Crippen LogP contribution < -0.4 is 20.5 Å². The average molecular weight is 461 g/mol. The average Bonchev–Trinajstić information content (AvgIpc) is 2.73. The molecule has 1 amide bonds. The van der Waals surface area contributed by atoms with Gasteiger partial charge >= 0.3 is 5.97 Å². The van der Waals surface area contributed by atoms with Crippen molar-refractivity contribution in [3.8, 4) is 11.5 Å². The highest BCUT2D eigenvalue weighted by Gasteiger charge is 2.21. The third-order valence-electron chi connectivity index (χ3n) is 3.94. The van der Waals surface area contributed by atoms with Gasteiger partial charge in [-0.15, -0.1) is 0 Å². The minimum atomic E-state index is -0.942. The van der Waals surface area contributed by atoms with E-state index in [9.17, 15) is 9.59 Å². The van der Waals surface area contributed by atoms with Crippen molar-refractivity contribution in [3.63, 3.8) is 0 Å². The SMILES string of the molecule is Nc1c(Cl)c(Cl)nc(C(=O)OCC(=O)NCCc2ccc3c(c2)OCCO3)c1Cl. The van der Waals surface area contributed by atoms with E-state index >= 15 is 0 Å². The molecule has 3 N–H and O–H groups in total. The summed E-state index contributed by atoms with van der Waals surface area (Å²) in [5.41, 5.74) is 6.20. The van der Waals surface area contributed by atoms with Crippen molar-refractivity contribution >= 4 is 52.4 Å². The predicted molar refractivity (Wildman–Crippen MR) is 108 cm³/mol. The Morgan fingerprint density at radius 2 is 1.86 bits per heavy atom. The van der Waals surface area contributed by atoms with E-state index in [-0.39, 0.29) is 26.6 Å². The van der Waals surface area contributed by atoms with E-state index in [1.807, 2.05) is 18.2 Å². The van der Waals surface area contributed by atoms with Crippen LogP contribution in [0.1, 0.15) is 16.1 Å². The van der Waals surface area contributed by atoms with Crippen LogP contribution in [0.15, 0.2) is 18.2 Å². The van der Waals surface area contributed by atoms with E-state index < -0.39 is 18.5 Å². The standard InChI is InChI=1S/C18H16Cl3N3O5/c19-13-15(22)14(20)17(21)24-16(13)18(26)29-8-12(25)23-4-3-9-1-2-10-11(7-9)28-6-5-27-10/h1-2,7H,3-6,8H2,(H2,22,24)(H,23,25). The van der Waals surface area contributed by atoms with Gasteiger partial charge in [-0.3, -0.25) is 4.79 Å². The van der Waals surface area contributed by atoms with Crippen molar-refractivity contribution < 1.29 is 23.8 Å². The van der Waals surface area contributed by atoms with Gasteiger partial charge in [-0.25, -0.2) is 9.78 Å². The number of benzene rings is 1. The highest BCUT2D eigenvalue weighted by molar-refractivity contribution is 6.46. The van der Waals surface area contributed by atoms with Gasteiger partial charge in [0, 0.05) is 6.54 Å². The Morgan fingerprint density at radius 3 is 2.62 bits per heavy atom. The fourth-order valence-electron chi connectivity index (χ4n) is 2.51. The summed E-state index contributed by atoms with van der Waals surface area (Å²) in [6.07, 6.45) is 0.563. The fraction of sp³-hybridized carbons (Fsp3) is 0.278. The highest BCUT2D eigenvalue weighted by atomic mass is 35.5. The first-order valence-electron chi connectivity index (χ1n) is 8.49. The minimum Gasteiger partial charge on any atom is -0.486 e. The first-order chi connectivity index (χ1) is 13.9. The number of hydrogen-bond acceptors (Lipinski definition) is 7. The molecule has 2 heterocycles. The Morgan fingerprint density at radius 1 is 1.14 bits per heavy atom. The van der Waals surface area contributed by atoms with Crippen molar-refractivity contribution in [2.24, 2.45) is 0 Å². The van der Waals surface area contributed by atoms with Gasteiger partial charge in [-0.2, -0.15) is 0 Å². The second-order valence-corrected chi connectivity index (χ2v) is 7.06. The number of amides is 1. The predicted octanol–water partition coefficient (Wildman–Crippen LogP) is 2.91. The van der Waals surface area contributed by atoms with Crippen molar-refractivity contribution in [2.45, 2.75) is 6.42 Å². The van der Waals surface area contributed by atoms with Gasteiger partial charge in [-0.05, 0) is 24.1 Å². The minimum absolute atomic E-state index is 0.0647. The van der Waals surface area contributed by atoms with E-state index in [0.29, 0.717) is 37.7 Å². The molecule has 3 rings (SSSR count). The molecule has 0 spiro atoms. The number of fused-ring (bicyclic) bond motifs is 1.